The highest BCUT2D eigenvalue weighted by molar-refractivity contribution is 5.95. The quantitative estimate of drug-likeness (QED) is 0.742. The number of anilines is 1. The van der Waals surface area contributed by atoms with Crippen molar-refractivity contribution in [2.24, 2.45) is 5.92 Å². The Morgan fingerprint density at radius 2 is 2.11 bits per heavy atom. The summed E-state index contributed by atoms with van der Waals surface area (Å²) in [6.07, 6.45) is 2.41. The zero-order chi connectivity index (χ0) is 20.1. The largest absolute Gasteiger partial charge is 0.467 e. The van der Waals surface area contributed by atoms with Crippen molar-refractivity contribution in [2.45, 2.75) is 33.2 Å². The van der Waals surface area contributed by atoms with E-state index in [-0.39, 0.29) is 25.5 Å². The first kappa shape index (κ1) is 19.7. The van der Waals surface area contributed by atoms with Gasteiger partial charge >= 0.3 is 5.97 Å². The highest BCUT2D eigenvalue weighted by atomic mass is 16.5. The molecule has 0 aliphatic carbocycles. The average molecular weight is 384 g/mol. The first-order valence-electron chi connectivity index (χ1n) is 9.33. The molecule has 2 aromatic rings. The van der Waals surface area contributed by atoms with Gasteiger partial charge in [-0.2, -0.15) is 0 Å². The molecule has 0 saturated carbocycles. The molecule has 148 valence electrons. The van der Waals surface area contributed by atoms with Gasteiger partial charge in [0.15, 0.2) is 6.61 Å². The third-order valence-electron chi connectivity index (χ3n) is 4.82. The number of para-hydroxylation sites is 1. The van der Waals surface area contributed by atoms with Crippen LogP contribution >= 0.6 is 0 Å². The van der Waals surface area contributed by atoms with Gasteiger partial charge in [0, 0.05) is 18.7 Å². The van der Waals surface area contributed by atoms with Crippen molar-refractivity contribution in [1.29, 1.82) is 0 Å². The maximum Gasteiger partial charge on any atom is 0.311 e. The number of ether oxygens (including phenoxy) is 1. The molecule has 2 heterocycles. The van der Waals surface area contributed by atoms with Crippen LogP contribution in [-0.2, 0) is 32.1 Å². The van der Waals surface area contributed by atoms with Gasteiger partial charge in [0.25, 0.3) is 5.91 Å². The SMILES string of the molecule is CCc1cccc(C)c1NC(=O)COC(=O)[C@H]1CC(=O)N(Cc2ccco2)C1. The molecule has 7 nitrogen and oxygen atoms in total. The van der Waals surface area contributed by atoms with Crippen LogP contribution in [0.2, 0.25) is 0 Å². The Hall–Kier alpha value is -3.09. The third-order valence-corrected chi connectivity index (χ3v) is 4.82. The van der Waals surface area contributed by atoms with E-state index in [9.17, 15) is 14.4 Å². The lowest BCUT2D eigenvalue weighted by Gasteiger charge is -2.15. The Labute approximate surface area is 163 Å². The molecule has 1 atom stereocenters. The number of hydrogen-bond acceptors (Lipinski definition) is 5. The van der Waals surface area contributed by atoms with Crippen LogP contribution < -0.4 is 5.32 Å². The number of nitrogens with zero attached hydrogens (tertiary/aromatic N) is 1. The number of esters is 1. The zero-order valence-electron chi connectivity index (χ0n) is 16.1. The molecule has 3 rings (SSSR count). The molecule has 1 saturated heterocycles. The summed E-state index contributed by atoms with van der Waals surface area (Å²) in [5.74, 6) is -0.970. The predicted molar refractivity (Wildman–Crippen MR) is 102 cm³/mol. The number of likely N-dealkylation sites (tertiary alicyclic amines) is 1. The van der Waals surface area contributed by atoms with Crippen LogP contribution in [-0.4, -0.2) is 35.8 Å². The van der Waals surface area contributed by atoms with Gasteiger partial charge in [-0.05, 0) is 36.6 Å². The first-order chi connectivity index (χ1) is 13.5. The molecule has 0 radical (unpaired) electrons. The number of furan rings is 1. The Morgan fingerprint density at radius 1 is 1.29 bits per heavy atom. The van der Waals surface area contributed by atoms with Gasteiger partial charge < -0.3 is 19.4 Å². The monoisotopic (exact) mass is 384 g/mol. The number of nitrogens with one attached hydrogen (secondary N) is 1. The highest BCUT2D eigenvalue weighted by Crippen LogP contribution is 2.23. The average Bonchev–Trinajstić information content (AvgIpc) is 3.32. The molecule has 2 amide bonds. The van der Waals surface area contributed by atoms with Crippen LogP contribution in [0, 0.1) is 12.8 Å². The Balaban J connectivity index is 1.50. The lowest BCUT2D eigenvalue weighted by molar-refractivity contribution is -0.151. The van der Waals surface area contributed by atoms with Crippen molar-refractivity contribution in [3.63, 3.8) is 0 Å². The normalized spacial score (nSPS) is 16.3. The molecule has 0 spiro atoms. The molecule has 1 N–H and O–H groups in total. The summed E-state index contributed by atoms with van der Waals surface area (Å²) < 4.78 is 10.4. The molecule has 0 bridgehead atoms. The lowest BCUT2D eigenvalue weighted by atomic mass is 10.1. The molecule has 1 aromatic carbocycles. The second-order valence-electron chi connectivity index (χ2n) is 6.87. The van der Waals surface area contributed by atoms with Gasteiger partial charge in [0.1, 0.15) is 5.76 Å². The van der Waals surface area contributed by atoms with Crippen molar-refractivity contribution in [1.82, 2.24) is 4.90 Å². The molecule has 1 fully saturated rings. The fourth-order valence-corrected chi connectivity index (χ4v) is 3.31. The maximum atomic E-state index is 12.3. The van der Waals surface area contributed by atoms with Gasteiger partial charge in [0.2, 0.25) is 5.91 Å². The minimum absolute atomic E-state index is 0.0823. The van der Waals surface area contributed by atoms with Crippen molar-refractivity contribution >= 4 is 23.5 Å². The summed E-state index contributed by atoms with van der Waals surface area (Å²) in [5, 5.41) is 2.82. The van der Waals surface area contributed by atoms with E-state index < -0.39 is 17.8 Å². The first-order valence-corrected chi connectivity index (χ1v) is 9.33. The molecular weight excluding hydrogens is 360 g/mol. The second kappa shape index (κ2) is 8.73. The lowest BCUT2D eigenvalue weighted by Crippen LogP contribution is -2.28. The number of benzene rings is 1. The Morgan fingerprint density at radius 3 is 2.82 bits per heavy atom. The van der Waals surface area contributed by atoms with E-state index in [1.807, 2.05) is 32.0 Å². The van der Waals surface area contributed by atoms with E-state index in [1.165, 1.54) is 0 Å². The summed E-state index contributed by atoms with van der Waals surface area (Å²) in [6, 6.07) is 9.33. The molecule has 28 heavy (non-hydrogen) atoms. The maximum absolute atomic E-state index is 12.3. The standard InChI is InChI=1S/C21H24N2O5/c1-3-15-7-4-6-14(2)20(15)22-18(24)13-28-21(26)16-10-19(25)23(11-16)12-17-8-5-9-27-17/h4-9,16H,3,10-13H2,1-2H3,(H,22,24)/t16-/m0/s1. The second-order valence-corrected chi connectivity index (χ2v) is 6.87. The number of rotatable bonds is 7. The molecule has 7 heteroatoms. The number of amides is 2. The zero-order valence-corrected chi connectivity index (χ0v) is 16.1. The fraction of sp³-hybridized carbons (Fsp3) is 0.381. The van der Waals surface area contributed by atoms with E-state index in [0.717, 1.165) is 23.2 Å². The molecule has 0 unspecified atom stereocenters. The van der Waals surface area contributed by atoms with Gasteiger partial charge in [-0.1, -0.05) is 25.1 Å². The van der Waals surface area contributed by atoms with E-state index in [1.54, 1.807) is 23.3 Å². The molecule has 1 aliphatic rings. The minimum atomic E-state index is -0.570. The smallest absolute Gasteiger partial charge is 0.311 e. The number of carbonyl (C=O) groups is 3. The number of carbonyl (C=O) groups excluding carboxylic acids is 3. The highest BCUT2D eigenvalue weighted by Gasteiger charge is 2.35. The molecule has 1 aromatic heterocycles. The summed E-state index contributed by atoms with van der Waals surface area (Å²) in [7, 11) is 0. The molecular formula is C21H24N2O5. The predicted octanol–water partition coefficient (Wildman–Crippen LogP) is 2.68. The van der Waals surface area contributed by atoms with E-state index in [2.05, 4.69) is 5.32 Å². The van der Waals surface area contributed by atoms with Gasteiger partial charge in [-0.25, -0.2) is 0 Å². The van der Waals surface area contributed by atoms with Crippen LogP contribution in [0.4, 0.5) is 5.69 Å². The minimum Gasteiger partial charge on any atom is -0.467 e. The van der Waals surface area contributed by atoms with Gasteiger partial charge in [-0.3, -0.25) is 14.4 Å². The summed E-state index contributed by atoms with van der Waals surface area (Å²) in [6.45, 7) is 4.13. The van der Waals surface area contributed by atoms with E-state index in [4.69, 9.17) is 9.15 Å². The van der Waals surface area contributed by atoms with Crippen LogP contribution in [0.1, 0.15) is 30.2 Å². The van der Waals surface area contributed by atoms with Crippen molar-refractivity contribution in [3.05, 3.63) is 53.5 Å². The van der Waals surface area contributed by atoms with E-state index >= 15 is 0 Å². The molecule has 1 aliphatic heterocycles. The summed E-state index contributed by atoms with van der Waals surface area (Å²) in [5.41, 5.74) is 2.73. The van der Waals surface area contributed by atoms with Crippen molar-refractivity contribution in [2.75, 3.05) is 18.5 Å². The van der Waals surface area contributed by atoms with Gasteiger partial charge in [0.05, 0.1) is 18.7 Å². The summed E-state index contributed by atoms with van der Waals surface area (Å²) >= 11 is 0. The fourth-order valence-electron chi connectivity index (χ4n) is 3.31. The van der Waals surface area contributed by atoms with Gasteiger partial charge in [-0.15, -0.1) is 0 Å². The van der Waals surface area contributed by atoms with Crippen LogP contribution in [0.25, 0.3) is 0 Å². The van der Waals surface area contributed by atoms with Crippen molar-refractivity contribution in [3.8, 4) is 0 Å². The van der Waals surface area contributed by atoms with E-state index in [0.29, 0.717) is 12.3 Å². The Kier molecular flexibility index (Phi) is 6.13. The number of aryl methyl sites for hydroxylation is 2. The van der Waals surface area contributed by atoms with Crippen LogP contribution in [0.3, 0.4) is 0 Å². The Bertz CT molecular complexity index is 860. The van der Waals surface area contributed by atoms with Crippen LogP contribution in [0.5, 0.6) is 0 Å². The third kappa shape index (κ3) is 4.60. The number of hydrogen-bond donors (Lipinski definition) is 1. The van der Waals surface area contributed by atoms with Crippen molar-refractivity contribution < 1.29 is 23.5 Å². The summed E-state index contributed by atoms with van der Waals surface area (Å²) in [4.78, 5) is 38.2. The van der Waals surface area contributed by atoms with Crippen LogP contribution in [0.15, 0.2) is 41.0 Å². The topological polar surface area (TPSA) is 88.8 Å².